The van der Waals surface area contributed by atoms with Crippen LogP contribution < -0.4 is 19.8 Å². The predicted octanol–water partition coefficient (Wildman–Crippen LogP) is 8.25. The second kappa shape index (κ2) is 12.0. The monoisotopic (exact) mass is 633 g/mol. The Balaban J connectivity index is 1.47. The van der Waals surface area contributed by atoms with Crippen LogP contribution in [0.5, 0.6) is 17.2 Å². The highest BCUT2D eigenvalue weighted by Crippen LogP contribution is 2.36. The molecule has 0 N–H and O–H groups in total. The number of para-hydroxylation sites is 1. The highest BCUT2D eigenvalue weighted by Gasteiger charge is 2.19. The summed E-state index contributed by atoms with van der Waals surface area (Å²) in [6.45, 7) is 0.152. The molecule has 2 heterocycles. The Hall–Kier alpha value is -4.50. The molecule has 6 rings (SSSR count). The van der Waals surface area contributed by atoms with E-state index in [-0.39, 0.29) is 12.4 Å². The van der Waals surface area contributed by atoms with Crippen molar-refractivity contribution in [2.24, 2.45) is 5.10 Å². The van der Waals surface area contributed by atoms with Gasteiger partial charge in [-0.25, -0.2) is 4.98 Å². The van der Waals surface area contributed by atoms with E-state index in [1.165, 1.54) is 18.0 Å². The minimum atomic E-state index is -0.392. The number of rotatable bonds is 8. The Kier molecular flexibility index (Phi) is 7.99. The Morgan fingerprint density at radius 1 is 0.884 bits per heavy atom. The first-order valence-corrected chi connectivity index (χ1v) is 14.1. The molecule has 0 fully saturated rings. The second-order valence-corrected chi connectivity index (χ2v) is 10.6. The Morgan fingerprint density at radius 2 is 1.70 bits per heavy atom. The van der Waals surface area contributed by atoms with E-state index >= 15 is 0 Å². The number of fused-ring (bicyclic) bond motifs is 2. The van der Waals surface area contributed by atoms with Gasteiger partial charge in [0.2, 0.25) is 5.82 Å². The summed E-state index contributed by atoms with van der Waals surface area (Å²) in [4.78, 5) is 18.5. The lowest BCUT2D eigenvalue weighted by Crippen LogP contribution is -2.20. The van der Waals surface area contributed by atoms with Gasteiger partial charge in [-0.05, 0) is 54.1 Å². The van der Waals surface area contributed by atoms with Crippen LogP contribution in [-0.4, -0.2) is 30.1 Å². The molecule has 0 unspecified atom stereocenters. The van der Waals surface area contributed by atoms with Gasteiger partial charge in [0, 0.05) is 16.7 Å². The molecule has 0 radical (unpaired) electrons. The topological polar surface area (TPSA) is 88.1 Å². The van der Waals surface area contributed by atoms with Crippen LogP contribution in [0, 0.1) is 0 Å². The average Bonchev–Trinajstić information content (AvgIpc) is 3.46. The van der Waals surface area contributed by atoms with E-state index in [9.17, 15) is 4.79 Å². The summed E-state index contributed by atoms with van der Waals surface area (Å²) in [5, 5.41) is 6.92. The number of aromatic nitrogens is 2. The third-order valence-electron chi connectivity index (χ3n) is 6.66. The smallest absolute Gasteiger partial charge is 0.282 e. The zero-order valence-corrected chi connectivity index (χ0v) is 25.1. The van der Waals surface area contributed by atoms with Crippen molar-refractivity contribution >= 4 is 62.9 Å². The molecule has 0 spiro atoms. The Bertz CT molecular complexity index is 2090. The van der Waals surface area contributed by atoms with Crippen molar-refractivity contribution in [3.63, 3.8) is 0 Å². The second-order valence-electron chi connectivity index (χ2n) is 9.36. The first-order chi connectivity index (χ1) is 20.9. The van der Waals surface area contributed by atoms with Crippen LogP contribution in [0.2, 0.25) is 15.1 Å². The Labute approximate surface area is 260 Å². The number of hydrogen-bond donors (Lipinski definition) is 0. The van der Waals surface area contributed by atoms with Crippen LogP contribution in [0.3, 0.4) is 0 Å². The molecule has 4 aromatic carbocycles. The predicted molar refractivity (Wildman–Crippen MR) is 170 cm³/mol. The van der Waals surface area contributed by atoms with Gasteiger partial charge in [-0.15, -0.1) is 0 Å². The molecular formula is C32H22Cl3N3O5. The maximum absolute atomic E-state index is 13.8. The van der Waals surface area contributed by atoms with E-state index < -0.39 is 5.56 Å². The number of methoxy groups -OCH3 is 2. The third kappa shape index (κ3) is 5.64. The lowest BCUT2D eigenvalue weighted by atomic mass is 10.2. The van der Waals surface area contributed by atoms with Crippen molar-refractivity contribution in [1.29, 1.82) is 0 Å². The summed E-state index contributed by atoms with van der Waals surface area (Å²) in [5.74, 6) is 1.89. The first kappa shape index (κ1) is 28.6. The maximum Gasteiger partial charge on any atom is 0.282 e. The fraction of sp³-hybridized carbons (Fsp3) is 0.0938. The van der Waals surface area contributed by atoms with Crippen molar-refractivity contribution in [3.05, 3.63) is 115 Å². The number of ether oxygens (including phenoxy) is 3. The van der Waals surface area contributed by atoms with Gasteiger partial charge in [-0.2, -0.15) is 9.78 Å². The first-order valence-electron chi connectivity index (χ1n) is 12.9. The molecule has 0 aliphatic carbocycles. The summed E-state index contributed by atoms with van der Waals surface area (Å²) >= 11 is 18.7. The number of benzene rings is 4. The van der Waals surface area contributed by atoms with Gasteiger partial charge in [0.25, 0.3) is 5.56 Å². The number of furan rings is 1. The third-order valence-corrected chi connectivity index (χ3v) is 7.62. The van der Waals surface area contributed by atoms with E-state index in [4.69, 9.17) is 58.4 Å². The summed E-state index contributed by atoms with van der Waals surface area (Å²) < 4.78 is 24.5. The van der Waals surface area contributed by atoms with Crippen LogP contribution in [0.1, 0.15) is 11.1 Å². The molecule has 6 aromatic rings. The average molecular weight is 635 g/mol. The largest absolute Gasteiger partial charge is 0.496 e. The standard InChI is InChI=1S/C32H22Cl3N3O5/c1-40-26-8-5-9-27-22(26)15-29(43-27)31-37-25-7-4-3-6-21(25)32(39)38(31)36-16-19-13-20(33)14-28(41-2)30(19)42-17-18-10-11-23(34)24(35)12-18/h3-16H,17H2,1-2H3. The highest BCUT2D eigenvalue weighted by molar-refractivity contribution is 6.42. The van der Waals surface area contributed by atoms with Crippen molar-refractivity contribution in [2.75, 3.05) is 14.2 Å². The fourth-order valence-corrected chi connectivity index (χ4v) is 5.15. The molecule has 11 heteroatoms. The summed E-state index contributed by atoms with van der Waals surface area (Å²) in [6.07, 6.45) is 1.46. The normalized spacial score (nSPS) is 11.5. The minimum Gasteiger partial charge on any atom is -0.496 e. The summed E-state index contributed by atoms with van der Waals surface area (Å²) in [7, 11) is 3.08. The van der Waals surface area contributed by atoms with Crippen LogP contribution in [-0.2, 0) is 6.61 Å². The molecule has 0 aliphatic rings. The van der Waals surface area contributed by atoms with Crippen LogP contribution in [0.4, 0.5) is 0 Å². The van der Waals surface area contributed by atoms with E-state index in [0.29, 0.717) is 60.1 Å². The molecule has 0 amide bonds. The van der Waals surface area contributed by atoms with E-state index in [0.717, 1.165) is 10.9 Å². The molecule has 0 saturated heterocycles. The van der Waals surface area contributed by atoms with Gasteiger partial charge < -0.3 is 18.6 Å². The minimum absolute atomic E-state index is 0.152. The van der Waals surface area contributed by atoms with Crippen LogP contribution in [0.25, 0.3) is 33.5 Å². The zero-order chi connectivity index (χ0) is 30.1. The molecule has 0 aliphatic heterocycles. The van der Waals surface area contributed by atoms with Crippen molar-refractivity contribution in [1.82, 2.24) is 9.66 Å². The molecule has 2 aromatic heterocycles. The van der Waals surface area contributed by atoms with Crippen molar-refractivity contribution in [3.8, 4) is 28.8 Å². The van der Waals surface area contributed by atoms with E-state index in [1.54, 1.807) is 61.7 Å². The van der Waals surface area contributed by atoms with Crippen molar-refractivity contribution in [2.45, 2.75) is 6.61 Å². The molecule has 0 atom stereocenters. The fourth-order valence-electron chi connectivity index (χ4n) is 4.61. The maximum atomic E-state index is 13.8. The van der Waals surface area contributed by atoms with Crippen LogP contribution in [0.15, 0.2) is 93.2 Å². The molecule has 216 valence electrons. The van der Waals surface area contributed by atoms with Gasteiger partial charge in [-0.1, -0.05) is 59.1 Å². The van der Waals surface area contributed by atoms with Gasteiger partial charge in [0.05, 0.1) is 46.8 Å². The number of nitrogens with zero attached hydrogens (tertiary/aromatic N) is 3. The van der Waals surface area contributed by atoms with Crippen molar-refractivity contribution < 1.29 is 18.6 Å². The molecular weight excluding hydrogens is 613 g/mol. The summed E-state index contributed by atoms with van der Waals surface area (Å²) in [6, 6.07) is 22.7. The van der Waals surface area contributed by atoms with Crippen LogP contribution >= 0.6 is 34.8 Å². The lowest BCUT2D eigenvalue weighted by Gasteiger charge is -2.14. The molecule has 0 bridgehead atoms. The molecule has 0 saturated carbocycles. The molecule has 43 heavy (non-hydrogen) atoms. The molecule has 8 nitrogen and oxygen atoms in total. The van der Waals surface area contributed by atoms with Gasteiger partial charge >= 0.3 is 0 Å². The lowest BCUT2D eigenvalue weighted by molar-refractivity contribution is 0.284. The van der Waals surface area contributed by atoms with Gasteiger partial charge in [0.15, 0.2) is 17.3 Å². The van der Waals surface area contributed by atoms with E-state index in [1.807, 2.05) is 24.3 Å². The zero-order valence-electron chi connectivity index (χ0n) is 22.8. The summed E-state index contributed by atoms with van der Waals surface area (Å²) in [5.41, 5.74) is 1.92. The Morgan fingerprint density at radius 3 is 2.49 bits per heavy atom. The number of hydrogen-bond acceptors (Lipinski definition) is 7. The SMILES string of the molecule is COc1cc(Cl)cc(C=Nn2c(-c3cc4c(OC)cccc4o3)nc3ccccc3c2=O)c1OCc1ccc(Cl)c(Cl)c1. The van der Waals surface area contributed by atoms with E-state index in [2.05, 4.69) is 5.10 Å². The van der Waals surface area contributed by atoms with Gasteiger partial charge in [0.1, 0.15) is 17.9 Å². The number of halogens is 3. The quantitative estimate of drug-likeness (QED) is 0.157. The highest BCUT2D eigenvalue weighted by atomic mass is 35.5. The van der Waals surface area contributed by atoms with Gasteiger partial charge in [-0.3, -0.25) is 4.79 Å².